The van der Waals surface area contributed by atoms with Gasteiger partial charge < -0.3 is 5.32 Å². The normalized spacial score (nSPS) is 10.6. The van der Waals surface area contributed by atoms with Gasteiger partial charge in [0, 0.05) is 24.6 Å². The summed E-state index contributed by atoms with van der Waals surface area (Å²) >= 11 is 5.73. The lowest BCUT2D eigenvalue weighted by atomic mass is 10.4. The molecule has 2 rings (SSSR count). The lowest BCUT2D eigenvalue weighted by Gasteiger charge is -2.06. The first kappa shape index (κ1) is 12.6. The summed E-state index contributed by atoms with van der Waals surface area (Å²) in [5.41, 5.74) is 0.962. The van der Waals surface area contributed by atoms with Crippen molar-refractivity contribution in [2.75, 3.05) is 6.54 Å². The van der Waals surface area contributed by atoms with Crippen LogP contribution in [0.15, 0.2) is 24.7 Å². The molecule has 18 heavy (non-hydrogen) atoms. The van der Waals surface area contributed by atoms with Crippen molar-refractivity contribution >= 4 is 17.5 Å². The second-order valence-corrected chi connectivity index (χ2v) is 4.34. The molecule has 0 fully saturated rings. The van der Waals surface area contributed by atoms with Gasteiger partial charge in [-0.3, -0.25) is 14.2 Å². The Morgan fingerprint density at radius 1 is 1.50 bits per heavy atom. The fourth-order valence-electron chi connectivity index (χ4n) is 1.53. The third kappa shape index (κ3) is 3.33. The molecule has 0 aromatic carbocycles. The van der Waals surface area contributed by atoms with Crippen LogP contribution >= 0.6 is 11.6 Å². The maximum absolute atomic E-state index is 11.6. The van der Waals surface area contributed by atoms with Crippen molar-refractivity contribution in [2.45, 2.75) is 20.0 Å². The largest absolute Gasteiger partial charge is 0.353 e. The summed E-state index contributed by atoms with van der Waals surface area (Å²) in [6.07, 6.45) is 4.95. The molecule has 6 nitrogen and oxygen atoms in total. The van der Waals surface area contributed by atoms with Crippen molar-refractivity contribution < 1.29 is 4.79 Å². The maximum Gasteiger partial charge on any atom is 0.241 e. The van der Waals surface area contributed by atoms with Gasteiger partial charge in [-0.05, 0) is 13.0 Å². The number of nitrogens with one attached hydrogen (secondary N) is 1. The van der Waals surface area contributed by atoms with Crippen LogP contribution in [0.4, 0.5) is 0 Å². The van der Waals surface area contributed by atoms with Crippen molar-refractivity contribution in [3.8, 4) is 0 Å². The van der Waals surface area contributed by atoms with Crippen molar-refractivity contribution in [2.24, 2.45) is 0 Å². The fourth-order valence-corrected chi connectivity index (χ4v) is 1.68. The molecule has 0 spiro atoms. The minimum Gasteiger partial charge on any atom is -0.353 e. The van der Waals surface area contributed by atoms with Crippen LogP contribution in [-0.4, -0.2) is 32.0 Å². The average molecular weight is 268 g/mol. The van der Waals surface area contributed by atoms with E-state index in [1.807, 2.05) is 13.0 Å². The predicted molar refractivity (Wildman–Crippen MR) is 67.2 cm³/mol. The van der Waals surface area contributed by atoms with Crippen LogP contribution in [0.25, 0.3) is 0 Å². The molecule has 0 bridgehead atoms. The Kier molecular flexibility index (Phi) is 3.99. The van der Waals surface area contributed by atoms with Gasteiger partial charge in [0.25, 0.3) is 0 Å². The van der Waals surface area contributed by atoms with Crippen molar-refractivity contribution in [1.82, 2.24) is 24.9 Å². The highest BCUT2D eigenvalue weighted by Crippen LogP contribution is 2.03. The zero-order valence-electron chi connectivity index (χ0n) is 10.0. The third-order valence-corrected chi connectivity index (χ3v) is 2.68. The Hall–Kier alpha value is -1.82. The van der Waals surface area contributed by atoms with Gasteiger partial charge in [0.1, 0.15) is 6.54 Å². The number of aromatic nitrogens is 4. The first-order valence-electron chi connectivity index (χ1n) is 5.58. The van der Waals surface area contributed by atoms with E-state index in [1.165, 1.54) is 0 Å². The van der Waals surface area contributed by atoms with Gasteiger partial charge >= 0.3 is 0 Å². The minimum absolute atomic E-state index is 0.0694. The molecule has 0 radical (unpaired) electrons. The molecule has 0 unspecified atom stereocenters. The van der Waals surface area contributed by atoms with Crippen molar-refractivity contribution in [1.29, 1.82) is 0 Å². The summed E-state index contributed by atoms with van der Waals surface area (Å²) in [7, 11) is 0. The second-order valence-electron chi connectivity index (χ2n) is 3.90. The van der Waals surface area contributed by atoms with E-state index in [9.17, 15) is 4.79 Å². The summed E-state index contributed by atoms with van der Waals surface area (Å²) in [5, 5.41) is 11.5. The standard InChI is InChI=1S/C11H14ClN5O/c1-9-2-3-14-17(9)8-11(18)13-4-5-16-7-10(12)6-15-16/h2-3,6-7H,4-5,8H2,1H3,(H,13,18). The summed E-state index contributed by atoms with van der Waals surface area (Å²) in [5.74, 6) is -0.0694. The van der Waals surface area contributed by atoms with Crippen LogP contribution in [0, 0.1) is 6.92 Å². The second kappa shape index (κ2) is 5.68. The summed E-state index contributed by atoms with van der Waals surface area (Å²) in [6.45, 7) is 3.25. The molecular formula is C11H14ClN5O. The van der Waals surface area contributed by atoms with Gasteiger partial charge in [-0.1, -0.05) is 11.6 Å². The Balaban J connectivity index is 1.74. The van der Waals surface area contributed by atoms with E-state index in [0.29, 0.717) is 18.1 Å². The topological polar surface area (TPSA) is 64.7 Å². The zero-order valence-corrected chi connectivity index (χ0v) is 10.8. The Morgan fingerprint density at radius 3 is 2.94 bits per heavy atom. The highest BCUT2D eigenvalue weighted by molar-refractivity contribution is 6.30. The monoisotopic (exact) mass is 267 g/mol. The van der Waals surface area contributed by atoms with Crippen molar-refractivity contribution in [3.05, 3.63) is 35.4 Å². The van der Waals surface area contributed by atoms with Gasteiger partial charge in [0.05, 0.1) is 17.8 Å². The number of amides is 1. The van der Waals surface area contributed by atoms with Gasteiger partial charge in [-0.2, -0.15) is 10.2 Å². The molecule has 96 valence electrons. The molecule has 2 aromatic heterocycles. The molecule has 0 aliphatic heterocycles. The number of hydrogen-bond donors (Lipinski definition) is 1. The smallest absolute Gasteiger partial charge is 0.241 e. The molecule has 0 atom stereocenters. The maximum atomic E-state index is 11.6. The third-order valence-electron chi connectivity index (χ3n) is 2.49. The van der Waals surface area contributed by atoms with Crippen LogP contribution in [0.3, 0.4) is 0 Å². The molecule has 0 saturated heterocycles. The van der Waals surface area contributed by atoms with E-state index in [-0.39, 0.29) is 12.5 Å². The van der Waals surface area contributed by atoms with E-state index < -0.39 is 0 Å². The van der Waals surface area contributed by atoms with E-state index in [1.54, 1.807) is 28.0 Å². The van der Waals surface area contributed by atoms with Crippen LogP contribution in [0.1, 0.15) is 5.69 Å². The molecule has 0 saturated carbocycles. The number of carbonyl (C=O) groups is 1. The first-order valence-corrected chi connectivity index (χ1v) is 5.96. The molecule has 2 aromatic rings. The number of carbonyl (C=O) groups excluding carboxylic acids is 1. The molecule has 2 heterocycles. The number of halogens is 1. The number of nitrogens with zero attached hydrogens (tertiary/aromatic N) is 4. The van der Waals surface area contributed by atoms with Crippen LogP contribution in [-0.2, 0) is 17.9 Å². The summed E-state index contributed by atoms with van der Waals surface area (Å²) in [6, 6.07) is 1.86. The summed E-state index contributed by atoms with van der Waals surface area (Å²) < 4.78 is 3.34. The first-order chi connectivity index (χ1) is 8.65. The molecule has 0 aliphatic rings. The molecule has 1 N–H and O–H groups in total. The van der Waals surface area contributed by atoms with Crippen LogP contribution in [0.2, 0.25) is 5.02 Å². The molecule has 7 heteroatoms. The lowest BCUT2D eigenvalue weighted by molar-refractivity contribution is -0.121. The van der Waals surface area contributed by atoms with Crippen LogP contribution in [0.5, 0.6) is 0 Å². The van der Waals surface area contributed by atoms with E-state index in [2.05, 4.69) is 15.5 Å². The van der Waals surface area contributed by atoms with E-state index in [0.717, 1.165) is 5.69 Å². The molecular weight excluding hydrogens is 254 g/mol. The fraction of sp³-hybridized carbons (Fsp3) is 0.364. The SMILES string of the molecule is Cc1ccnn1CC(=O)NCCn1cc(Cl)cn1. The van der Waals surface area contributed by atoms with Crippen molar-refractivity contribution in [3.63, 3.8) is 0 Å². The zero-order chi connectivity index (χ0) is 13.0. The molecule has 1 amide bonds. The highest BCUT2D eigenvalue weighted by atomic mass is 35.5. The number of aryl methyl sites for hydroxylation is 1. The Morgan fingerprint density at radius 2 is 2.33 bits per heavy atom. The molecule has 0 aliphatic carbocycles. The van der Waals surface area contributed by atoms with Gasteiger partial charge in [0.2, 0.25) is 5.91 Å². The summed E-state index contributed by atoms with van der Waals surface area (Å²) in [4.78, 5) is 11.6. The average Bonchev–Trinajstić information content (AvgIpc) is 2.89. The van der Waals surface area contributed by atoms with E-state index >= 15 is 0 Å². The lowest BCUT2D eigenvalue weighted by Crippen LogP contribution is -2.31. The van der Waals surface area contributed by atoms with E-state index in [4.69, 9.17) is 11.6 Å². The Labute approximate surface area is 110 Å². The number of hydrogen-bond acceptors (Lipinski definition) is 3. The van der Waals surface area contributed by atoms with Gasteiger partial charge in [0.15, 0.2) is 0 Å². The van der Waals surface area contributed by atoms with Gasteiger partial charge in [-0.25, -0.2) is 0 Å². The minimum atomic E-state index is -0.0694. The number of rotatable bonds is 5. The Bertz CT molecular complexity index is 533. The quantitative estimate of drug-likeness (QED) is 0.874. The highest BCUT2D eigenvalue weighted by Gasteiger charge is 2.04. The van der Waals surface area contributed by atoms with Crippen LogP contribution < -0.4 is 5.32 Å². The van der Waals surface area contributed by atoms with Gasteiger partial charge in [-0.15, -0.1) is 0 Å². The predicted octanol–water partition coefficient (Wildman–Crippen LogP) is 0.858.